The minimum Gasteiger partial charge on any atom is -0.309 e. The largest absolute Gasteiger partial charge is 0.309 e. The van der Waals surface area contributed by atoms with Crippen molar-refractivity contribution in [1.82, 2.24) is 19.7 Å². The first-order chi connectivity index (χ1) is 11.2. The van der Waals surface area contributed by atoms with E-state index in [1.54, 1.807) is 55.0 Å². The summed E-state index contributed by atoms with van der Waals surface area (Å²) in [6, 6.07) is 11.7. The van der Waals surface area contributed by atoms with E-state index in [9.17, 15) is 9.59 Å². The maximum absolute atomic E-state index is 12.0. The minimum atomic E-state index is -0.370. The second kappa shape index (κ2) is 6.61. The summed E-state index contributed by atoms with van der Waals surface area (Å²) in [6.07, 6.45) is 4.85. The topological polar surface area (TPSA) is 89.8 Å². The fourth-order valence-electron chi connectivity index (χ4n) is 1.99. The molecule has 0 saturated heterocycles. The summed E-state index contributed by atoms with van der Waals surface area (Å²) in [5.41, 5.74) is 1.07. The van der Waals surface area contributed by atoms with Crippen LogP contribution < -0.4 is 10.9 Å². The van der Waals surface area contributed by atoms with Gasteiger partial charge in [-0.25, -0.2) is 9.67 Å². The van der Waals surface area contributed by atoms with Crippen LogP contribution in [0, 0.1) is 0 Å². The first-order valence-corrected chi connectivity index (χ1v) is 6.92. The normalized spacial score (nSPS) is 10.3. The highest BCUT2D eigenvalue weighted by molar-refractivity contribution is 5.89. The molecule has 1 amide bonds. The van der Waals surface area contributed by atoms with Crippen LogP contribution in [-0.4, -0.2) is 25.7 Å². The van der Waals surface area contributed by atoms with Gasteiger partial charge in [-0.3, -0.25) is 14.6 Å². The van der Waals surface area contributed by atoms with E-state index in [0.29, 0.717) is 11.5 Å². The molecule has 0 unspecified atom stereocenters. The van der Waals surface area contributed by atoms with Crippen LogP contribution >= 0.6 is 0 Å². The molecule has 0 saturated carbocycles. The Morgan fingerprint density at radius 3 is 2.61 bits per heavy atom. The molecule has 3 aromatic rings. The highest BCUT2D eigenvalue weighted by Crippen LogP contribution is 2.13. The zero-order chi connectivity index (χ0) is 16.1. The van der Waals surface area contributed by atoms with Crippen molar-refractivity contribution in [3.8, 4) is 11.3 Å². The number of hydrogen-bond donors (Lipinski definition) is 1. The number of aromatic nitrogens is 4. The van der Waals surface area contributed by atoms with Gasteiger partial charge in [0.25, 0.3) is 5.56 Å². The molecule has 23 heavy (non-hydrogen) atoms. The molecule has 0 bridgehead atoms. The molecule has 3 aromatic heterocycles. The lowest BCUT2D eigenvalue weighted by Gasteiger charge is -2.07. The molecule has 0 aliphatic carbocycles. The first kappa shape index (κ1) is 14.6. The van der Waals surface area contributed by atoms with E-state index in [4.69, 9.17) is 0 Å². The number of rotatable bonds is 4. The van der Waals surface area contributed by atoms with Crippen LogP contribution in [0.25, 0.3) is 11.3 Å². The monoisotopic (exact) mass is 307 g/mol. The molecule has 0 spiro atoms. The van der Waals surface area contributed by atoms with E-state index in [1.165, 1.54) is 6.07 Å². The van der Waals surface area contributed by atoms with E-state index < -0.39 is 0 Å². The van der Waals surface area contributed by atoms with Gasteiger partial charge in [-0.15, -0.1) is 0 Å². The van der Waals surface area contributed by atoms with Crippen LogP contribution in [0.1, 0.15) is 0 Å². The lowest BCUT2D eigenvalue weighted by Crippen LogP contribution is -2.29. The molecular weight excluding hydrogens is 294 g/mol. The van der Waals surface area contributed by atoms with Gasteiger partial charge in [0.15, 0.2) is 0 Å². The predicted molar refractivity (Wildman–Crippen MR) is 84.6 cm³/mol. The van der Waals surface area contributed by atoms with Crippen LogP contribution in [0.3, 0.4) is 0 Å². The summed E-state index contributed by atoms with van der Waals surface area (Å²) in [4.78, 5) is 31.8. The summed E-state index contributed by atoms with van der Waals surface area (Å²) in [5, 5.41) is 6.84. The molecule has 0 atom stereocenters. The van der Waals surface area contributed by atoms with Crippen LogP contribution in [-0.2, 0) is 11.3 Å². The number of anilines is 1. The van der Waals surface area contributed by atoms with Crippen molar-refractivity contribution in [3.05, 3.63) is 71.4 Å². The third-order valence-electron chi connectivity index (χ3n) is 3.07. The third-order valence-corrected chi connectivity index (χ3v) is 3.07. The zero-order valence-electron chi connectivity index (χ0n) is 12.1. The number of nitrogens with one attached hydrogen (secondary N) is 1. The second-order valence-electron chi connectivity index (χ2n) is 4.71. The smallest absolute Gasteiger partial charge is 0.267 e. The second-order valence-corrected chi connectivity index (χ2v) is 4.71. The maximum Gasteiger partial charge on any atom is 0.267 e. The SMILES string of the molecule is O=C(Cn1nc(-c2ccncc2)ccc1=O)Nc1ccccn1. The predicted octanol–water partition coefficient (Wildman–Crippen LogP) is 1.34. The van der Waals surface area contributed by atoms with Crippen molar-refractivity contribution < 1.29 is 4.79 Å². The van der Waals surface area contributed by atoms with Gasteiger partial charge < -0.3 is 5.32 Å². The highest BCUT2D eigenvalue weighted by Gasteiger charge is 2.08. The Morgan fingerprint density at radius 1 is 1.04 bits per heavy atom. The molecule has 3 rings (SSSR count). The summed E-state index contributed by atoms with van der Waals surface area (Å²) < 4.78 is 1.12. The first-order valence-electron chi connectivity index (χ1n) is 6.92. The average Bonchev–Trinajstić information content (AvgIpc) is 2.58. The molecule has 0 radical (unpaired) electrons. The van der Waals surface area contributed by atoms with Gasteiger partial charge >= 0.3 is 0 Å². The fourth-order valence-corrected chi connectivity index (χ4v) is 1.99. The van der Waals surface area contributed by atoms with Gasteiger partial charge in [-0.1, -0.05) is 6.07 Å². The molecule has 114 valence electrons. The van der Waals surface area contributed by atoms with Crippen molar-refractivity contribution in [1.29, 1.82) is 0 Å². The van der Waals surface area contributed by atoms with E-state index in [1.807, 2.05) is 0 Å². The molecule has 7 nitrogen and oxygen atoms in total. The number of carbonyl (C=O) groups excluding carboxylic acids is 1. The zero-order valence-corrected chi connectivity index (χ0v) is 12.1. The maximum atomic E-state index is 12.0. The van der Waals surface area contributed by atoms with E-state index in [2.05, 4.69) is 20.4 Å². The Hall–Kier alpha value is -3.35. The molecule has 0 aliphatic rings. The van der Waals surface area contributed by atoms with Crippen LogP contribution in [0.5, 0.6) is 0 Å². The summed E-state index contributed by atoms with van der Waals surface area (Å²) >= 11 is 0. The molecule has 7 heteroatoms. The third kappa shape index (κ3) is 3.65. The van der Waals surface area contributed by atoms with Crippen LogP contribution in [0.4, 0.5) is 5.82 Å². The van der Waals surface area contributed by atoms with Gasteiger partial charge in [-0.05, 0) is 30.3 Å². The van der Waals surface area contributed by atoms with Gasteiger partial charge in [0.2, 0.25) is 5.91 Å². The lowest BCUT2D eigenvalue weighted by molar-refractivity contribution is -0.117. The summed E-state index contributed by atoms with van der Waals surface area (Å²) in [6.45, 7) is -0.186. The lowest BCUT2D eigenvalue weighted by atomic mass is 10.2. The van der Waals surface area contributed by atoms with Crippen molar-refractivity contribution in [3.63, 3.8) is 0 Å². The summed E-state index contributed by atoms with van der Waals surface area (Å²) in [7, 11) is 0. The van der Waals surface area contributed by atoms with Gasteiger partial charge in [0.05, 0.1) is 5.69 Å². The molecular formula is C16H13N5O2. The van der Waals surface area contributed by atoms with E-state index in [0.717, 1.165) is 10.2 Å². The molecule has 3 heterocycles. The van der Waals surface area contributed by atoms with Crippen molar-refractivity contribution >= 4 is 11.7 Å². The highest BCUT2D eigenvalue weighted by atomic mass is 16.2. The van der Waals surface area contributed by atoms with Crippen molar-refractivity contribution in [2.75, 3.05) is 5.32 Å². The Labute approximate surface area is 131 Å². The van der Waals surface area contributed by atoms with Crippen molar-refractivity contribution in [2.45, 2.75) is 6.54 Å². The van der Waals surface area contributed by atoms with Gasteiger partial charge in [-0.2, -0.15) is 5.10 Å². The molecule has 0 aliphatic heterocycles. The molecule has 1 N–H and O–H groups in total. The number of nitrogens with zero attached hydrogens (tertiary/aromatic N) is 4. The Kier molecular flexibility index (Phi) is 4.19. The van der Waals surface area contributed by atoms with Crippen molar-refractivity contribution in [2.24, 2.45) is 0 Å². The Balaban J connectivity index is 1.80. The Bertz CT molecular complexity index is 862. The fraction of sp³-hybridized carbons (Fsp3) is 0.0625. The molecule has 0 aromatic carbocycles. The molecule has 0 fully saturated rings. The minimum absolute atomic E-state index is 0.186. The number of pyridine rings is 2. The van der Waals surface area contributed by atoms with E-state index in [-0.39, 0.29) is 18.0 Å². The average molecular weight is 307 g/mol. The van der Waals surface area contributed by atoms with Crippen LogP contribution in [0.15, 0.2) is 65.8 Å². The number of carbonyl (C=O) groups is 1. The van der Waals surface area contributed by atoms with Gasteiger partial charge in [0.1, 0.15) is 12.4 Å². The number of amides is 1. The van der Waals surface area contributed by atoms with Gasteiger partial charge in [0, 0.05) is 30.2 Å². The standard InChI is InChI=1S/C16H13N5O2/c22-15(19-14-3-1-2-8-18-14)11-21-16(23)5-4-13(20-21)12-6-9-17-10-7-12/h1-10H,11H2,(H,18,19,22). The Morgan fingerprint density at radius 2 is 1.87 bits per heavy atom. The number of hydrogen-bond acceptors (Lipinski definition) is 5. The van der Waals surface area contributed by atoms with E-state index >= 15 is 0 Å². The summed E-state index contributed by atoms with van der Waals surface area (Å²) in [5.74, 6) is 0.0565. The van der Waals surface area contributed by atoms with Crippen LogP contribution in [0.2, 0.25) is 0 Å². The quantitative estimate of drug-likeness (QED) is 0.785.